The van der Waals surface area contributed by atoms with E-state index in [4.69, 9.17) is 12.2 Å². The molecule has 0 unspecified atom stereocenters. The molecule has 0 fully saturated rings. The van der Waals surface area contributed by atoms with E-state index in [1.54, 1.807) is 29.1 Å². The first-order chi connectivity index (χ1) is 13.9. The van der Waals surface area contributed by atoms with Crippen LogP contribution in [0, 0.1) is 19.7 Å². The van der Waals surface area contributed by atoms with Crippen LogP contribution in [0.4, 0.5) is 10.1 Å². The van der Waals surface area contributed by atoms with E-state index in [0.717, 1.165) is 16.8 Å². The zero-order valence-electron chi connectivity index (χ0n) is 16.2. The number of aliphatic hydroxyl groups excluding tert-OH is 2. The largest absolute Gasteiger partial charge is 0.502 e. The molecular formula is C23H22FN2O2S+. The van der Waals surface area contributed by atoms with Gasteiger partial charge in [0.05, 0.1) is 6.61 Å². The summed E-state index contributed by atoms with van der Waals surface area (Å²) in [6.07, 6.45) is 3.41. The molecule has 29 heavy (non-hydrogen) atoms. The highest BCUT2D eigenvalue weighted by atomic mass is 32.1. The van der Waals surface area contributed by atoms with Gasteiger partial charge in [-0.05, 0) is 67.4 Å². The molecule has 1 aromatic heterocycles. The second-order valence-electron chi connectivity index (χ2n) is 6.81. The number of anilines is 1. The Balaban J connectivity index is 2.09. The molecule has 0 spiro atoms. The highest BCUT2D eigenvalue weighted by molar-refractivity contribution is 7.81. The van der Waals surface area contributed by atoms with Crippen LogP contribution in [0.3, 0.4) is 0 Å². The number of pyridine rings is 1. The van der Waals surface area contributed by atoms with Gasteiger partial charge < -0.3 is 15.5 Å². The molecule has 0 saturated heterocycles. The van der Waals surface area contributed by atoms with E-state index >= 15 is 0 Å². The van der Waals surface area contributed by atoms with Gasteiger partial charge in [-0.15, -0.1) is 0 Å². The van der Waals surface area contributed by atoms with Crippen molar-refractivity contribution in [3.05, 3.63) is 95.1 Å². The predicted octanol–water partition coefficient (Wildman–Crippen LogP) is 4.55. The van der Waals surface area contributed by atoms with Gasteiger partial charge in [-0.2, -0.15) is 4.57 Å². The Morgan fingerprint density at radius 1 is 1.07 bits per heavy atom. The Morgan fingerprint density at radius 3 is 2.34 bits per heavy atom. The maximum Gasteiger partial charge on any atom is 0.288 e. The number of hydrogen-bond donors (Lipinski definition) is 3. The van der Waals surface area contributed by atoms with Crippen molar-refractivity contribution in [3.63, 3.8) is 0 Å². The van der Waals surface area contributed by atoms with E-state index in [1.807, 2.05) is 26.0 Å². The summed E-state index contributed by atoms with van der Waals surface area (Å²) in [4.78, 5) is 0.289. The van der Waals surface area contributed by atoms with E-state index in [-0.39, 0.29) is 17.4 Å². The molecule has 6 heteroatoms. The molecule has 0 atom stereocenters. The Labute approximate surface area is 174 Å². The molecule has 4 nitrogen and oxygen atoms in total. The minimum Gasteiger partial charge on any atom is -0.502 e. The van der Waals surface area contributed by atoms with Crippen molar-refractivity contribution in [3.8, 4) is 0 Å². The fraction of sp³-hybridized carbons (Fsp3) is 0.130. The Kier molecular flexibility index (Phi) is 6.36. The molecule has 0 bridgehead atoms. The van der Waals surface area contributed by atoms with Crippen LogP contribution in [-0.4, -0.2) is 15.2 Å². The number of hydrogen-bond acceptors (Lipinski definition) is 3. The summed E-state index contributed by atoms with van der Waals surface area (Å²) in [5.74, 6) is -0.499. The van der Waals surface area contributed by atoms with Crippen molar-refractivity contribution in [1.82, 2.24) is 0 Å². The molecule has 3 rings (SSSR count). The topological polar surface area (TPSA) is 56.4 Å². The van der Waals surface area contributed by atoms with Gasteiger partial charge in [0.1, 0.15) is 5.82 Å². The lowest BCUT2D eigenvalue weighted by atomic mass is 10.1. The predicted molar refractivity (Wildman–Crippen MR) is 117 cm³/mol. The number of aryl methyl sites for hydroxylation is 2. The van der Waals surface area contributed by atoms with Crippen LogP contribution in [0.5, 0.6) is 0 Å². The maximum absolute atomic E-state index is 13.3. The number of aliphatic hydroxyl groups is 2. The van der Waals surface area contributed by atoms with Crippen molar-refractivity contribution in [2.75, 3.05) is 5.32 Å². The number of benzene rings is 2. The molecule has 0 aliphatic rings. The molecular weight excluding hydrogens is 387 g/mol. The third-order valence-corrected chi connectivity index (χ3v) is 4.63. The van der Waals surface area contributed by atoms with Crippen LogP contribution in [0.25, 0.3) is 11.5 Å². The normalized spacial score (nSPS) is 11.7. The van der Waals surface area contributed by atoms with E-state index in [2.05, 4.69) is 11.4 Å². The lowest BCUT2D eigenvalue weighted by molar-refractivity contribution is -0.576. The first-order valence-corrected chi connectivity index (χ1v) is 9.48. The molecule has 3 aromatic rings. The number of halogens is 1. The number of nitrogens with zero attached hydrogens (tertiary/aromatic N) is 1. The third kappa shape index (κ3) is 5.04. The van der Waals surface area contributed by atoms with Gasteiger partial charge in [0.25, 0.3) is 5.70 Å². The summed E-state index contributed by atoms with van der Waals surface area (Å²) in [5, 5.41) is 23.7. The van der Waals surface area contributed by atoms with Crippen molar-refractivity contribution >= 4 is 34.3 Å². The second-order valence-corrected chi connectivity index (χ2v) is 7.22. The highest BCUT2D eigenvalue weighted by Gasteiger charge is 2.24. The van der Waals surface area contributed by atoms with Gasteiger partial charge in [-0.3, -0.25) is 0 Å². The highest BCUT2D eigenvalue weighted by Crippen LogP contribution is 2.21. The molecule has 0 aliphatic heterocycles. The van der Waals surface area contributed by atoms with Gasteiger partial charge >= 0.3 is 0 Å². The van der Waals surface area contributed by atoms with Gasteiger partial charge in [0, 0.05) is 22.9 Å². The molecule has 2 aromatic carbocycles. The van der Waals surface area contributed by atoms with Crippen molar-refractivity contribution in [2.45, 2.75) is 20.5 Å². The molecule has 0 radical (unpaired) electrons. The minimum absolute atomic E-state index is 0.105. The summed E-state index contributed by atoms with van der Waals surface area (Å²) in [6.45, 7) is 3.84. The standard InChI is InChI=1S/C23H21FN2O2S/c1-15-10-16(2)12-20(11-15)25-23(29)21(26-9-3-4-17(13-26)14-27)22(28)18-5-7-19(24)8-6-18/h3-13,27H,14H2,1-2H3,(H-,25,28,29)/p+1. The Bertz CT molecular complexity index is 1060. The maximum atomic E-state index is 13.3. The van der Waals surface area contributed by atoms with E-state index in [1.165, 1.54) is 24.3 Å². The van der Waals surface area contributed by atoms with Crippen LogP contribution in [0.15, 0.2) is 67.0 Å². The average Bonchev–Trinajstić information content (AvgIpc) is 2.68. The smallest absolute Gasteiger partial charge is 0.288 e. The van der Waals surface area contributed by atoms with E-state index in [0.29, 0.717) is 16.8 Å². The second kappa shape index (κ2) is 8.94. The molecule has 0 aliphatic carbocycles. The number of aromatic nitrogens is 1. The van der Waals surface area contributed by atoms with Crippen molar-refractivity contribution in [2.24, 2.45) is 0 Å². The van der Waals surface area contributed by atoms with Crippen LogP contribution in [-0.2, 0) is 6.61 Å². The van der Waals surface area contributed by atoms with Gasteiger partial charge in [0.15, 0.2) is 23.1 Å². The van der Waals surface area contributed by atoms with Crippen LogP contribution >= 0.6 is 12.2 Å². The zero-order chi connectivity index (χ0) is 21.0. The Morgan fingerprint density at radius 2 is 1.72 bits per heavy atom. The SMILES string of the molecule is Cc1cc(C)cc(NC(=S)/C(=C(\O)c2ccc(F)cc2)[n+]2cccc(CO)c2)c1. The molecule has 0 amide bonds. The summed E-state index contributed by atoms with van der Waals surface area (Å²) in [5.41, 5.74) is 4.37. The zero-order valence-corrected chi connectivity index (χ0v) is 17.0. The van der Waals surface area contributed by atoms with Crippen molar-refractivity contribution in [1.29, 1.82) is 0 Å². The first kappa shape index (κ1) is 20.6. The lowest BCUT2D eigenvalue weighted by Gasteiger charge is -2.12. The lowest BCUT2D eigenvalue weighted by Crippen LogP contribution is -2.39. The minimum atomic E-state index is -0.394. The molecule has 3 N–H and O–H groups in total. The quantitative estimate of drug-likeness (QED) is 0.251. The molecule has 0 saturated carbocycles. The average molecular weight is 410 g/mol. The number of rotatable bonds is 5. The Hall–Kier alpha value is -3.09. The van der Waals surface area contributed by atoms with E-state index in [9.17, 15) is 14.6 Å². The fourth-order valence-electron chi connectivity index (χ4n) is 3.09. The first-order valence-electron chi connectivity index (χ1n) is 9.07. The van der Waals surface area contributed by atoms with Gasteiger partial charge in [-0.1, -0.05) is 18.3 Å². The summed E-state index contributed by atoms with van der Waals surface area (Å²) in [7, 11) is 0. The summed E-state index contributed by atoms with van der Waals surface area (Å²) < 4.78 is 15.0. The van der Waals surface area contributed by atoms with Crippen LogP contribution in [0.2, 0.25) is 0 Å². The van der Waals surface area contributed by atoms with Crippen LogP contribution in [0.1, 0.15) is 22.3 Å². The monoisotopic (exact) mass is 409 g/mol. The van der Waals surface area contributed by atoms with Crippen LogP contribution < -0.4 is 9.88 Å². The van der Waals surface area contributed by atoms with Gasteiger partial charge in [0.2, 0.25) is 0 Å². The summed E-state index contributed by atoms with van der Waals surface area (Å²) >= 11 is 5.62. The van der Waals surface area contributed by atoms with Gasteiger partial charge in [-0.25, -0.2) is 4.39 Å². The molecule has 1 heterocycles. The fourth-order valence-corrected chi connectivity index (χ4v) is 3.41. The summed E-state index contributed by atoms with van der Waals surface area (Å²) in [6, 6.07) is 15.0. The van der Waals surface area contributed by atoms with Crippen molar-refractivity contribution < 1.29 is 19.2 Å². The van der Waals surface area contributed by atoms with E-state index < -0.39 is 5.82 Å². The third-order valence-electron chi connectivity index (χ3n) is 4.34. The molecule has 148 valence electrons. The number of nitrogens with one attached hydrogen (secondary N) is 1. The number of thiocarbonyl (C=S) groups is 1.